The molecule has 83 heavy (non-hydrogen) atoms. The van der Waals surface area contributed by atoms with Crippen molar-refractivity contribution in [2.45, 2.75) is 295 Å². The predicted octanol–water partition coefficient (Wildman–Crippen LogP) is 14.1. The summed E-state index contributed by atoms with van der Waals surface area (Å²) in [5.74, 6) is -1.47. The van der Waals surface area contributed by atoms with Gasteiger partial charge in [-0.1, -0.05) is 145 Å². The third-order valence-electron chi connectivity index (χ3n) is 21.4. The molecule has 4 fully saturated rings. The van der Waals surface area contributed by atoms with Gasteiger partial charge in [-0.15, -0.1) is 0 Å². The summed E-state index contributed by atoms with van der Waals surface area (Å²) in [6, 6.07) is 12.9. The maximum Gasteiger partial charge on any atom is 0.337 e. The number of carbonyl (C=O) groups is 5. The molecule has 2 N–H and O–H groups in total. The van der Waals surface area contributed by atoms with Gasteiger partial charge in [0, 0.05) is 38.0 Å². The number of Topliss-reactive ketones (excluding diaryl/α,β-unsaturated/α-hetero) is 1. The number of amides is 1. The van der Waals surface area contributed by atoms with Crippen LogP contribution in [0.15, 0.2) is 41.5 Å². The molecule has 2 saturated heterocycles. The molecule has 14 nitrogen and oxygen atoms in total. The minimum Gasteiger partial charge on any atom is -0.459 e. The van der Waals surface area contributed by atoms with Gasteiger partial charge in [0.15, 0.2) is 42.4 Å². The first kappa shape index (κ1) is 69.4. The number of hydrogen-bond donors (Lipinski definition) is 2. The molecule has 2 saturated carbocycles. The van der Waals surface area contributed by atoms with Gasteiger partial charge in [0.25, 0.3) is 0 Å². The van der Waals surface area contributed by atoms with Crippen molar-refractivity contribution in [1.82, 2.24) is 5.32 Å². The highest BCUT2D eigenvalue weighted by atomic mass is 32.2. The monoisotopic (exact) mass is 1230 g/mol. The zero-order valence-electron chi connectivity index (χ0n) is 54.0. The Kier molecular flexibility index (Phi) is 24.0. The van der Waals surface area contributed by atoms with Gasteiger partial charge in [-0.2, -0.15) is 11.8 Å². The zero-order valence-corrected chi connectivity index (χ0v) is 57.8. The molecule has 3 aliphatic carbocycles. The van der Waals surface area contributed by atoms with E-state index in [-0.39, 0.29) is 49.0 Å². The standard InChI is InChI=1S/C65H109NO13SSi3/c1-17-82(18-2,19-3)77-49-42-50-64(44-73-50,76-46(8)67)57-59-65(72)43-48(45(7)53(62(65,12)13)55(58(70)63(49,57)14)79-83(20-4,21-5)22-6)74-60(71)56(78-81(15,16)61(9,10)11)54(47-36-30-29-31-37-47)66-51(68)38-32-25-23-27-34-40-80-41-35-28-24-26-33-39-52(69)75-59/h29-31,36-37,48-50,54-57,59,72H,17-28,32-35,38-44H2,1-16H3,(H,66,68)/t48-,49-,50+,54-,55+,56-,57-,59-,63+,64-,65+/m0/s1. The zero-order chi connectivity index (χ0) is 61.4. The lowest BCUT2D eigenvalue weighted by Gasteiger charge is -2.68. The Hall–Kier alpha value is -2.69. The molecule has 2 heterocycles. The molecule has 1 aromatic carbocycles. The lowest BCUT2D eigenvalue weighted by molar-refractivity contribution is -0.346. The number of thioether (sulfide) groups is 1. The summed E-state index contributed by atoms with van der Waals surface area (Å²) in [5.41, 5.74) is -5.04. The fourth-order valence-electron chi connectivity index (χ4n) is 14.3. The first-order chi connectivity index (χ1) is 39.1. The summed E-state index contributed by atoms with van der Waals surface area (Å²) in [6.45, 7) is 32.0. The Bertz CT molecular complexity index is 2390. The Balaban J connectivity index is 1.66. The van der Waals surface area contributed by atoms with E-state index in [4.69, 9.17) is 32.2 Å². The van der Waals surface area contributed by atoms with E-state index in [2.05, 4.69) is 80.7 Å². The van der Waals surface area contributed by atoms with Crippen molar-refractivity contribution in [1.29, 1.82) is 0 Å². The Morgan fingerprint density at radius 2 is 1.30 bits per heavy atom. The van der Waals surface area contributed by atoms with Gasteiger partial charge in [-0.05, 0) is 122 Å². The highest BCUT2D eigenvalue weighted by Gasteiger charge is 2.79. The van der Waals surface area contributed by atoms with Crippen molar-refractivity contribution in [3.8, 4) is 0 Å². The summed E-state index contributed by atoms with van der Waals surface area (Å²) in [4.78, 5) is 76.5. The molecule has 11 atom stereocenters. The molecule has 0 aromatic heterocycles. The summed E-state index contributed by atoms with van der Waals surface area (Å²) < 4.78 is 49.7. The second-order valence-corrected chi connectivity index (χ2v) is 42.8. The van der Waals surface area contributed by atoms with Crippen molar-refractivity contribution in [3.63, 3.8) is 0 Å². The van der Waals surface area contributed by atoms with Crippen molar-refractivity contribution in [2.24, 2.45) is 16.7 Å². The molecule has 470 valence electrons. The largest absolute Gasteiger partial charge is 0.459 e. The smallest absolute Gasteiger partial charge is 0.337 e. The number of esters is 3. The van der Waals surface area contributed by atoms with Gasteiger partial charge < -0.3 is 42.6 Å². The number of rotatable bonds is 14. The van der Waals surface area contributed by atoms with Crippen LogP contribution < -0.4 is 5.32 Å². The second kappa shape index (κ2) is 28.6. The Labute approximate surface area is 507 Å². The van der Waals surface area contributed by atoms with Crippen molar-refractivity contribution >= 4 is 66.3 Å². The fourth-order valence-corrected chi connectivity index (χ4v) is 22.2. The van der Waals surface area contributed by atoms with Gasteiger partial charge in [-0.25, -0.2) is 4.79 Å². The molecule has 1 amide bonds. The maximum absolute atomic E-state index is 17.3. The highest BCUT2D eigenvalue weighted by molar-refractivity contribution is 7.99. The molecule has 6 rings (SSSR count). The molecule has 0 radical (unpaired) electrons. The summed E-state index contributed by atoms with van der Waals surface area (Å²) in [7, 11) is -8.25. The summed E-state index contributed by atoms with van der Waals surface area (Å²) in [5, 5.41) is 17.7. The van der Waals surface area contributed by atoms with Crippen molar-refractivity contribution in [2.75, 3.05) is 18.1 Å². The van der Waals surface area contributed by atoms with E-state index in [1.54, 1.807) is 0 Å². The van der Waals surface area contributed by atoms with Crippen molar-refractivity contribution in [3.05, 3.63) is 47.0 Å². The van der Waals surface area contributed by atoms with Gasteiger partial charge in [0.2, 0.25) is 5.91 Å². The SMILES string of the molecule is CC[Si](CC)(CC)O[C@H]1C(=O)[C@]2(C)[C@@H](O[Si](CC)(CC)CC)C[C@H]3OC[C@@]3(OC(C)=O)[C@H]2[C@@H]2OC(=O)CCCCCCCSCCCCCCCC(=O)N[C@@H](c3ccccc3)[C@H](O[Si](C)(C)C(C)(C)C)C(=O)O[C@H]3C[C@]2(O)C(C)(C)C1=C3C. The number of aliphatic hydroxyl groups is 1. The molecule has 5 aliphatic rings. The van der Waals surface area contributed by atoms with Gasteiger partial charge in [-0.3, -0.25) is 19.2 Å². The number of benzene rings is 1. The molecule has 0 unspecified atom stereocenters. The van der Waals surface area contributed by atoms with E-state index in [1.807, 2.05) is 69.8 Å². The van der Waals surface area contributed by atoms with Crippen LogP contribution in [0.3, 0.4) is 0 Å². The second-order valence-electron chi connectivity index (χ2n) is 27.4. The van der Waals surface area contributed by atoms with Crippen molar-refractivity contribution < 1.29 is 61.3 Å². The van der Waals surface area contributed by atoms with E-state index >= 15 is 14.4 Å². The van der Waals surface area contributed by atoms with E-state index in [9.17, 15) is 14.7 Å². The van der Waals surface area contributed by atoms with Crippen LogP contribution in [0.1, 0.15) is 198 Å². The quantitative estimate of drug-likeness (QED) is 0.0777. The van der Waals surface area contributed by atoms with E-state index in [0.717, 1.165) is 81.0 Å². The van der Waals surface area contributed by atoms with Gasteiger partial charge in [0.1, 0.15) is 30.0 Å². The van der Waals surface area contributed by atoms with Crippen LogP contribution in [0.2, 0.25) is 54.4 Å². The average molecular weight is 1230 g/mol. The topological polar surface area (TPSA) is 182 Å². The summed E-state index contributed by atoms with van der Waals surface area (Å²) >= 11 is 1.98. The molecule has 2 aliphatic heterocycles. The van der Waals surface area contributed by atoms with Crippen LogP contribution in [-0.4, -0.2) is 126 Å². The van der Waals surface area contributed by atoms with Gasteiger partial charge in [0.05, 0.1) is 30.1 Å². The molecular weight excluding hydrogens is 1120 g/mol. The minimum absolute atomic E-state index is 0.0552. The highest BCUT2D eigenvalue weighted by Crippen LogP contribution is 2.65. The normalized spacial score (nSPS) is 32.5. The summed E-state index contributed by atoms with van der Waals surface area (Å²) in [6.07, 6.45) is 2.58. The van der Waals surface area contributed by atoms with Crippen LogP contribution in [0, 0.1) is 16.7 Å². The van der Waals surface area contributed by atoms with Crippen LogP contribution in [0.25, 0.3) is 0 Å². The molecule has 1 aromatic rings. The number of carbonyl (C=O) groups excluding carboxylic acids is 5. The lowest BCUT2D eigenvalue weighted by Crippen LogP contribution is -2.82. The third kappa shape index (κ3) is 14.6. The lowest BCUT2D eigenvalue weighted by atomic mass is 9.44. The van der Waals surface area contributed by atoms with E-state index < -0.39 is 113 Å². The first-order valence-corrected chi connectivity index (χ1v) is 41.3. The van der Waals surface area contributed by atoms with Gasteiger partial charge >= 0.3 is 17.9 Å². The van der Waals surface area contributed by atoms with Crippen LogP contribution in [0.5, 0.6) is 0 Å². The third-order valence-corrected chi connectivity index (χ3v) is 36.2. The molecule has 3 bridgehead atoms. The van der Waals surface area contributed by atoms with E-state index in [1.165, 1.54) is 6.92 Å². The fraction of sp³-hybridized carbons (Fsp3) is 0.800. The average Bonchev–Trinajstić information content (AvgIpc) is 0.702. The molecule has 0 spiro atoms. The number of ketones is 1. The van der Waals surface area contributed by atoms with E-state index in [0.29, 0.717) is 47.7 Å². The Morgan fingerprint density at radius 3 is 1.83 bits per heavy atom. The van der Waals surface area contributed by atoms with Crippen LogP contribution in [0.4, 0.5) is 0 Å². The first-order valence-electron chi connectivity index (χ1n) is 32.2. The maximum atomic E-state index is 17.3. The number of hydrogen-bond acceptors (Lipinski definition) is 14. The Morgan fingerprint density at radius 1 is 0.759 bits per heavy atom. The minimum atomic E-state index is -2.87. The number of ether oxygens (including phenoxy) is 4. The van der Waals surface area contributed by atoms with Crippen LogP contribution >= 0.6 is 11.8 Å². The predicted molar refractivity (Wildman–Crippen MR) is 338 cm³/mol. The molecule has 18 heteroatoms. The van der Waals surface area contributed by atoms with Crippen LogP contribution in [-0.2, 0) is 56.2 Å². The number of fused-ring (bicyclic) bond motifs is 6. The number of nitrogens with one attached hydrogen (secondary N) is 1. The molecular formula is C65H109NO13SSi3.